The smallest absolute Gasteiger partial charge is 0.123 e. The van der Waals surface area contributed by atoms with E-state index in [9.17, 15) is 0 Å². The van der Waals surface area contributed by atoms with Crippen molar-refractivity contribution in [3.63, 3.8) is 0 Å². The van der Waals surface area contributed by atoms with Gasteiger partial charge in [0.2, 0.25) is 0 Å². The second-order valence-corrected chi connectivity index (χ2v) is 5.79. The van der Waals surface area contributed by atoms with Gasteiger partial charge in [-0.05, 0) is 32.0 Å². The van der Waals surface area contributed by atoms with E-state index in [4.69, 9.17) is 4.74 Å². The summed E-state index contributed by atoms with van der Waals surface area (Å²) in [4.78, 5) is 2.32. The van der Waals surface area contributed by atoms with Crippen molar-refractivity contribution in [2.45, 2.75) is 33.7 Å². The van der Waals surface area contributed by atoms with Gasteiger partial charge in [0.25, 0.3) is 0 Å². The molecule has 0 amide bonds. The van der Waals surface area contributed by atoms with E-state index in [1.807, 2.05) is 6.07 Å². The third-order valence-corrected chi connectivity index (χ3v) is 3.12. The third kappa shape index (κ3) is 6.92. The molecular weight excluding hydrogens is 248 g/mol. The van der Waals surface area contributed by atoms with Gasteiger partial charge in [0, 0.05) is 25.2 Å². The van der Waals surface area contributed by atoms with Crippen molar-refractivity contribution >= 4 is 0 Å². The van der Waals surface area contributed by atoms with E-state index in [2.05, 4.69) is 56.2 Å². The molecule has 1 rings (SSSR count). The summed E-state index contributed by atoms with van der Waals surface area (Å²) in [5.41, 5.74) is 1.24. The first-order valence-corrected chi connectivity index (χ1v) is 7.73. The second kappa shape index (κ2) is 9.78. The quantitative estimate of drug-likeness (QED) is 0.665. The zero-order valence-electron chi connectivity index (χ0n) is 13.5. The van der Waals surface area contributed by atoms with E-state index < -0.39 is 0 Å². The summed E-state index contributed by atoms with van der Waals surface area (Å²) in [5, 5.41) is 3.43. The van der Waals surface area contributed by atoms with Crippen molar-refractivity contribution in [1.82, 2.24) is 10.2 Å². The van der Waals surface area contributed by atoms with Crippen molar-refractivity contribution in [3.05, 3.63) is 29.8 Å². The molecule has 0 unspecified atom stereocenters. The Labute approximate surface area is 124 Å². The van der Waals surface area contributed by atoms with Crippen molar-refractivity contribution in [3.8, 4) is 5.75 Å². The number of likely N-dealkylation sites (N-methyl/N-ethyl adjacent to an activating group) is 1. The second-order valence-electron chi connectivity index (χ2n) is 5.79. The summed E-state index contributed by atoms with van der Waals surface area (Å²) in [7, 11) is 2.15. The Hall–Kier alpha value is -1.06. The number of benzene rings is 1. The minimum Gasteiger partial charge on any atom is -0.492 e. The molecule has 0 radical (unpaired) electrons. The lowest BCUT2D eigenvalue weighted by Crippen LogP contribution is -2.28. The highest BCUT2D eigenvalue weighted by Gasteiger charge is 2.04. The molecule has 0 aliphatic rings. The summed E-state index contributed by atoms with van der Waals surface area (Å²) < 4.78 is 5.94. The molecule has 0 aromatic heterocycles. The van der Waals surface area contributed by atoms with Crippen LogP contribution >= 0.6 is 0 Å². The molecule has 0 fully saturated rings. The highest BCUT2D eigenvalue weighted by Crippen LogP contribution is 2.17. The topological polar surface area (TPSA) is 24.5 Å². The third-order valence-electron chi connectivity index (χ3n) is 3.12. The minimum absolute atomic E-state index is 0.700. The Morgan fingerprint density at radius 1 is 1.25 bits per heavy atom. The van der Waals surface area contributed by atoms with E-state index in [-0.39, 0.29) is 0 Å². The van der Waals surface area contributed by atoms with Gasteiger partial charge >= 0.3 is 0 Å². The van der Waals surface area contributed by atoms with Gasteiger partial charge in [-0.2, -0.15) is 0 Å². The van der Waals surface area contributed by atoms with Crippen molar-refractivity contribution < 1.29 is 4.74 Å². The number of hydrogen-bond acceptors (Lipinski definition) is 3. The zero-order valence-corrected chi connectivity index (χ0v) is 13.5. The Bertz CT molecular complexity index is 366. The average Bonchev–Trinajstić information content (AvgIpc) is 2.40. The van der Waals surface area contributed by atoms with Crippen LogP contribution in [-0.2, 0) is 6.54 Å². The molecule has 0 aliphatic heterocycles. The number of ether oxygens (including phenoxy) is 1. The molecule has 1 N–H and O–H groups in total. The lowest BCUT2D eigenvalue weighted by atomic mass is 10.2. The van der Waals surface area contributed by atoms with Crippen molar-refractivity contribution in [2.24, 2.45) is 5.92 Å². The van der Waals surface area contributed by atoms with Crippen LogP contribution in [0.5, 0.6) is 5.75 Å². The summed E-state index contributed by atoms with van der Waals surface area (Å²) >= 11 is 0. The monoisotopic (exact) mass is 278 g/mol. The largest absolute Gasteiger partial charge is 0.492 e. The van der Waals surface area contributed by atoms with Gasteiger partial charge in [-0.3, -0.25) is 0 Å². The number of rotatable bonds is 10. The van der Waals surface area contributed by atoms with Crippen LogP contribution in [0, 0.1) is 5.92 Å². The summed E-state index contributed by atoms with van der Waals surface area (Å²) in [6, 6.07) is 8.30. The van der Waals surface area contributed by atoms with Crippen LogP contribution < -0.4 is 10.1 Å². The van der Waals surface area contributed by atoms with Crippen LogP contribution in [-0.4, -0.2) is 38.2 Å². The Kier molecular flexibility index (Phi) is 8.31. The molecule has 3 heteroatoms. The van der Waals surface area contributed by atoms with Gasteiger partial charge in [0.05, 0.1) is 0 Å². The highest BCUT2D eigenvalue weighted by atomic mass is 16.5. The van der Waals surface area contributed by atoms with E-state index in [1.54, 1.807) is 0 Å². The fraction of sp³-hybridized carbons (Fsp3) is 0.647. The number of nitrogens with zero attached hydrogens (tertiary/aromatic N) is 1. The fourth-order valence-electron chi connectivity index (χ4n) is 2.22. The Balaban J connectivity index is 2.38. The predicted octanol–water partition coefficient (Wildman–Crippen LogP) is 3.15. The lowest BCUT2D eigenvalue weighted by molar-refractivity contribution is 0.221. The van der Waals surface area contributed by atoms with Gasteiger partial charge in [-0.15, -0.1) is 0 Å². The molecule has 0 saturated heterocycles. The maximum atomic E-state index is 5.94. The number of para-hydroxylation sites is 1. The fourth-order valence-corrected chi connectivity index (χ4v) is 2.22. The van der Waals surface area contributed by atoms with Crippen LogP contribution in [0.3, 0.4) is 0 Å². The van der Waals surface area contributed by atoms with Gasteiger partial charge in [0.15, 0.2) is 0 Å². The first-order chi connectivity index (χ1) is 9.63. The molecule has 1 aromatic carbocycles. The molecule has 1 aromatic rings. The van der Waals surface area contributed by atoms with E-state index in [0.717, 1.165) is 45.0 Å². The van der Waals surface area contributed by atoms with Gasteiger partial charge in [0.1, 0.15) is 12.4 Å². The van der Waals surface area contributed by atoms with E-state index in [1.165, 1.54) is 5.56 Å². The molecule has 3 nitrogen and oxygen atoms in total. The Morgan fingerprint density at radius 2 is 2.00 bits per heavy atom. The lowest BCUT2D eigenvalue weighted by Gasteiger charge is -2.19. The summed E-state index contributed by atoms with van der Waals surface area (Å²) in [5.74, 6) is 1.71. The summed E-state index contributed by atoms with van der Waals surface area (Å²) in [6.45, 7) is 11.4. The highest BCUT2D eigenvalue weighted by molar-refractivity contribution is 5.33. The van der Waals surface area contributed by atoms with E-state index in [0.29, 0.717) is 5.92 Å². The van der Waals surface area contributed by atoms with Crippen LogP contribution in [0.1, 0.15) is 32.8 Å². The van der Waals surface area contributed by atoms with E-state index >= 15 is 0 Å². The summed E-state index contributed by atoms with van der Waals surface area (Å²) in [6.07, 6.45) is 1.16. The molecule has 0 spiro atoms. The first-order valence-electron chi connectivity index (χ1n) is 7.73. The molecule has 0 heterocycles. The van der Waals surface area contributed by atoms with Crippen LogP contribution in [0.2, 0.25) is 0 Å². The number of hydrogen-bond donors (Lipinski definition) is 1. The average molecular weight is 278 g/mol. The first kappa shape index (κ1) is 17.0. The normalized spacial score (nSPS) is 11.3. The SMILES string of the molecule is CCCNCc1ccccc1OCCN(C)CC(C)C. The molecular formula is C17H30N2O. The molecule has 0 atom stereocenters. The predicted molar refractivity (Wildman–Crippen MR) is 86.3 cm³/mol. The molecule has 0 saturated carbocycles. The molecule has 114 valence electrons. The number of nitrogens with one attached hydrogen (secondary N) is 1. The van der Waals surface area contributed by atoms with Crippen LogP contribution in [0.25, 0.3) is 0 Å². The van der Waals surface area contributed by atoms with Gasteiger partial charge in [-0.25, -0.2) is 0 Å². The minimum atomic E-state index is 0.700. The maximum Gasteiger partial charge on any atom is 0.123 e. The Morgan fingerprint density at radius 3 is 2.70 bits per heavy atom. The van der Waals surface area contributed by atoms with Crippen LogP contribution in [0.4, 0.5) is 0 Å². The maximum absolute atomic E-state index is 5.94. The molecule has 0 aliphatic carbocycles. The van der Waals surface area contributed by atoms with Gasteiger partial charge in [-0.1, -0.05) is 39.0 Å². The molecule has 0 bridgehead atoms. The van der Waals surface area contributed by atoms with Crippen molar-refractivity contribution in [2.75, 3.05) is 33.3 Å². The zero-order chi connectivity index (χ0) is 14.8. The van der Waals surface area contributed by atoms with Crippen molar-refractivity contribution in [1.29, 1.82) is 0 Å². The standard InChI is InChI=1S/C17H30N2O/c1-5-10-18-13-16-8-6-7-9-17(16)20-12-11-19(4)14-15(2)3/h6-9,15,18H,5,10-14H2,1-4H3. The van der Waals surface area contributed by atoms with Gasteiger partial charge < -0.3 is 15.0 Å². The van der Waals surface area contributed by atoms with Crippen LogP contribution in [0.15, 0.2) is 24.3 Å². The molecule has 20 heavy (non-hydrogen) atoms.